The van der Waals surface area contributed by atoms with Gasteiger partial charge >= 0.3 is 0 Å². The fraction of sp³-hybridized carbons (Fsp3) is 0.429. The Balaban J connectivity index is 1.98. The molecule has 1 aromatic heterocycles. The van der Waals surface area contributed by atoms with Crippen molar-refractivity contribution in [2.75, 3.05) is 5.32 Å². The minimum Gasteiger partial charge on any atom is -0.328 e. The van der Waals surface area contributed by atoms with E-state index in [0.717, 1.165) is 24.2 Å². The second-order valence-corrected chi connectivity index (χ2v) is 5.11. The summed E-state index contributed by atoms with van der Waals surface area (Å²) in [6, 6.07) is 7.55. The van der Waals surface area contributed by atoms with Gasteiger partial charge in [0.1, 0.15) is 0 Å². The van der Waals surface area contributed by atoms with Crippen LogP contribution in [0.2, 0.25) is 0 Å². The molecule has 7 nitrogen and oxygen atoms in total. The van der Waals surface area contributed by atoms with Gasteiger partial charge in [0.25, 0.3) is 0 Å². The molecule has 2 aromatic rings. The summed E-state index contributed by atoms with van der Waals surface area (Å²) in [7, 11) is 0. The zero-order valence-corrected chi connectivity index (χ0v) is 12.3. The molecular weight excluding hydrogens is 268 g/mol. The Labute approximate surface area is 123 Å². The number of nitrogens with two attached hydrogens (primary N) is 1. The van der Waals surface area contributed by atoms with Crippen molar-refractivity contribution in [3.05, 3.63) is 30.1 Å². The van der Waals surface area contributed by atoms with Crippen LogP contribution in [0.3, 0.4) is 0 Å². The van der Waals surface area contributed by atoms with Gasteiger partial charge in [0.2, 0.25) is 5.91 Å². The lowest BCUT2D eigenvalue weighted by Crippen LogP contribution is -2.16. The van der Waals surface area contributed by atoms with Gasteiger partial charge in [-0.1, -0.05) is 6.07 Å². The Morgan fingerprint density at radius 3 is 2.95 bits per heavy atom. The molecule has 0 aliphatic rings. The van der Waals surface area contributed by atoms with Crippen LogP contribution < -0.4 is 11.1 Å². The summed E-state index contributed by atoms with van der Waals surface area (Å²) >= 11 is 0. The first-order valence-corrected chi connectivity index (χ1v) is 6.97. The summed E-state index contributed by atoms with van der Waals surface area (Å²) in [4.78, 5) is 11.9. The van der Waals surface area contributed by atoms with Gasteiger partial charge in [-0.2, -0.15) is 4.68 Å². The van der Waals surface area contributed by atoms with Crippen molar-refractivity contribution in [2.45, 2.75) is 39.2 Å². The van der Waals surface area contributed by atoms with Crippen LogP contribution in [0, 0.1) is 6.92 Å². The van der Waals surface area contributed by atoms with Crippen LogP contribution in [0.15, 0.2) is 24.3 Å². The van der Waals surface area contributed by atoms with Gasteiger partial charge in [0, 0.05) is 18.2 Å². The smallest absolute Gasteiger partial charge is 0.224 e. The fourth-order valence-electron chi connectivity index (χ4n) is 1.99. The lowest BCUT2D eigenvalue weighted by molar-refractivity contribution is -0.116. The van der Waals surface area contributed by atoms with E-state index in [-0.39, 0.29) is 11.9 Å². The average Bonchev–Trinajstić information content (AvgIpc) is 2.85. The monoisotopic (exact) mass is 288 g/mol. The van der Waals surface area contributed by atoms with Crippen LogP contribution in [-0.4, -0.2) is 32.2 Å². The van der Waals surface area contributed by atoms with E-state index < -0.39 is 0 Å². The van der Waals surface area contributed by atoms with Crippen molar-refractivity contribution < 1.29 is 4.79 Å². The Bertz CT molecular complexity index is 607. The number of carbonyl (C=O) groups excluding carboxylic acids is 1. The van der Waals surface area contributed by atoms with Crippen molar-refractivity contribution >= 4 is 11.6 Å². The molecule has 2 rings (SSSR count). The number of amides is 1. The largest absolute Gasteiger partial charge is 0.328 e. The normalized spacial score (nSPS) is 12.1. The van der Waals surface area contributed by atoms with Gasteiger partial charge in [-0.05, 0) is 55.3 Å². The predicted octanol–water partition coefficient (Wildman–Crippen LogP) is 1.43. The predicted molar refractivity (Wildman–Crippen MR) is 80.0 cm³/mol. The number of anilines is 1. The minimum atomic E-state index is -0.0127. The molecule has 0 saturated carbocycles. The molecule has 0 saturated heterocycles. The third-order valence-corrected chi connectivity index (χ3v) is 3.06. The number of aromatic nitrogens is 4. The first-order valence-electron chi connectivity index (χ1n) is 6.97. The Kier molecular flexibility index (Phi) is 4.99. The van der Waals surface area contributed by atoms with Gasteiger partial charge in [-0.3, -0.25) is 4.79 Å². The topological polar surface area (TPSA) is 98.7 Å². The summed E-state index contributed by atoms with van der Waals surface area (Å²) in [6.07, 6.45) is 2.10. The highest BCUT2D eigenvalue weighted by molar-refractivity contribution is 5.90. The molecule has 1 amide bonds. The number of carbonyl (C=O) groups is 1. The van der Waals surface area contributed by atoms with Gasteiger partial charge in [0.05, 0.1) is 5.69 Å². The van der Waals surface area contributed by atoms with Crippen molar-refractivity contribution in [3.8, 4) is 5.69 Å². The highest BCUT2D eigenvalue weighted by atomic mass is 16.1. The highest BCUT2D eigenvalue weighted by Gasteiger charge is 2.07. The summed E-state index contributed by atoms with van der Waals surface area (Å²) in [5, 5.41) is 14.2. The van der Waals surface area contributed by atoms with Gasteiger partial charge in [-0.25, -0.2) is 0 Å². The third kappa shape index (κ3) is 4.35. The maximum Gasteiger partial charge on any atom is 0.224 e. The van der Waals surface area contributed by atoms with E-state index in [1.807, 2.05) is 38.1 Å². The Hall–Kier alpha value is -2.28. The zero-order valence-electron chi connectivity index (χ0n) is 12.3. The standard InChI is InChI=1S/C14H20N6O/c1-10(15)5-3-8-14(21)16-12-6-4-7-13(9-12)20-11(2)17-18-19-20/h4,6-7,9-10H,3,5,8,15H2,1-2H3,(H,16,21). The second-order valence-electron chi connectivity index (χ2n) is 5.11. The molecule has 21 heavy (non-hydrogen) atoms. The summed E-state index contributed by atoms with van der Waals surface area (Å²) in [6.45, 7) is 3.76. The van der Waals surface area contributed by atoms with Gasteiger partial charge < -0.3 is 11.1 Å². The van der Waals surface area contributed by atoms with E-state index in [1.54, 1.807) is 4.68 Å². The van der Waals surface area contributed by atoms with Gasteiger partial charge in [0.15, 0.2) is 5.82 Å². The Morgan fingerprint density at radius 2 is 2.29 bits per heavy atom. The lowest BCUT2D eigenvalue weighted by Gasteiger charge is -2.08. The number of benzene rings is 1. The molecule has 1 unspecified atom stereocenters. The van der Waals surface area contributed by atoms with E-state index in [4.69, 9.17) is 5.73 Å². The van der Waals surface area contributed by atoms with Crippen LogP contribution in [0.25, 0.3) is 5.69 Å². The van der Waals surface area contributed by atoms with Crippen molar-refractivity contribution in [3.63, 3.8) is 0 Å². The third-order valence-electron chi connectivity index (χ3n) is 3.06. The zero-order chi connectivity index (χ0) is 15.2. The van der Waals surface area contributed by atoms with E-state index in [0.29, 0.717) is 12.2 Å². The second kappa shape index (κ2) is 6.94. The molecule has 1 aromatic carbocycles. The van der Waals surface area contributed by atoms with Crippen LogP contribution in [0.4, 0.5) is 5.69 Å². The molecule has 7 heteroatoms. The Morgan fingerprint density at radius 1 is 1.48 bits per heavy atom. The minimum absolute atomic E-state index is 0.0127. The first-order chi connectivity index (χ1) is 10.1. The molecule has 1 atom stereocenters. The quantitative estimate of drug-likeness (QED) is 0.837. The molecule has 0 fully saturated rings. The summed E-state index contributed by atoms with van der Waals surface area (Å²) in [5.41, 5.74) is 7.21. The van der Waals surface area contributed by atoms with Crippen molar-refractivity contribution in [1.29, 1.82) is 0 Å². The molecule has 0 bridgehead atoms. The molecule has 0 spiro atoms. The molecular formula is C14H20N6O. The van der Waals surface area contributed by atoms with E-state index in [2.05, 4.69) is 20.8 Å². The fourth-order valence-corrected chi connectivity index (χ4v) is 1.99. The maximum absolute atomic E-state index is 11.9. The molecule has 1 heterocycles. The van der Waals surface area contributed by atoms with Crippen molar-refractivity contribution in [1.82, 2.24) is 20.2 Å². The lowest BCUT2D eigenvalue weighted by atomic mass is 10.1. The number of tetrazole rings is 1. The first kappa shape index (κ1) is 15.1. The van der Waals surface area contributed by atoms with Crippen LogP contribution in [0.1, 0.15) is 32.0 Å². The van der Waals surface area contributed by atoms with E-state index >= 15 is 0 Å². The molecule has 3 N–H and O–H groups in total. The number of nitrogens with zero attached hydrogens (tertiary/aromatic N) is 4. The number of rotatable bonds is 6. The maximum atomic E-state index is 11.9. The van der Waals surface area contributed by atoms with E-state index in [1.165, 1.54) is 0 Å². The summed E-state index contributed by atoms with van der Waals surface area (Å²) < 4.78 is 1.62. The molecule has 0 aliphatic heterocycles. The molecule has 112 valence electrons. The molecule has 0 radical (unpaired) electrons. The number of aryl methyl sites for hydroxylation is 1. The summed E-state index contributed by atoms with van der Waals surface area (Å²) in [5.74, 6) is 0.677. The highest BCUT2D eigenvalue weighted by Crippen LogP contribution is 2.15. The van der Waals surface area contributed by atoms with E-state index in [9.17, 15) is 4.79 Å². The number of hydrogen-bond acceptors (Lipinski definition) is 5. The van der Waals surface area contributed by atoms with Gasteiger partial charge in [-0.15, -0.1) is 5.10 Å². The van der Waals surface area contributed by atoms with Crippen LogP contribution in [0.5, 0.6) is 0 Å². The average molecular weight is 288 g/mol. The van der Waals surface area contributed by atoms with Crippen LogP contribution in [-0.2, 0) is 4.79 Å². The molecule has 0 aliphatic carbocycles. The number of hydrogen-bond donors (Lipinski definition) is 2. The van der Waals surface area contributed by atoms with Crippen LogP contribution >= 0.6 is 0 Å². The van der Waals surface area contributed by atoms with Crippen molar-refractivity contribution in [2.24, 2.45) is 5.73 Å². The number of nitrogens with one attached hydrogen (secondary N) is 1. The SMILES string of the molecule is Cc1nnnn1-c1cccc(NC(=O)CCCC(C)N)c1.